The summed E-state index contributed by atoms with van der Waals surface area (Å²) >= 11 is 3.43. The Labute approximate surface area is 104 Å². The van der Waals surface area contributed by atoms with E-state index in [0.29, 0.717) is 11.8 Å². The number of ether oxygens (including phenoxy) is 1. The zero-order valence-corrected chi connectivity index (χ0v) is 10.9. The van der Waals surface area contributed by atoms with Crippen LogP contribution >= 0.6 is 15.9 Å². The Morgan fingerprint density at radius 3 is 3.00 bits per heavy atom. The van der Waals surface area contributed by atoms with Gasteiger partial charge in [-0.15, -0.1) is 0 Å². The smallest absolute Gasteiger partial charge is 0.161 e. The first-order valence-electron chi connectivity index (χ1n) is 5.49. The van der Waals surface area contributed by atoms with Gasteiger partial charge in [-0.2, -0.15) is 0 Å². The van der Waals surface area contributed by atoms with Crippen LogP contribution in [0.5, 0.6) is 11.5 Å². The lowest BCUT2D eigenvalue weighted by atomic mass is 10.0. The van der Waals surface area contributed by atoms with Crippen LogP contribution in [0.3, 0.4) is 0 Å². The summed E-state index contributed by atoms with van der Waals surface area (Å²) in [5.41, 5.74) is 0.936. The molecule has 2 N–H and O–H groups in total. The fourth-order valence-corrected chi connectivity index (χ4v) is 2.62. The molecule has 1 aliphatic rings. The van der Waals surface area contributed by atoms with E-state index in [1.54, 1.807) is 13.2 Å². The van der Waals surface area contributed by atoms with Crippen LogP contribution in [-0.4, -0.2) is 24.8 Å². The first kappa shape index (κ1) is 11.7. The molecule has 3 nitrogen and oxygen atoms in total. The summed E-state index contributed by atoms with van der Waals surface area (Å²) in [7, 11) is 1.57. The van der Waals surface area contributed by atoms with Gasteiger partial charge in [-0.05, 0) is 37.9 Å². The van der Waals surface area contributed by atoms with E-state index in [9.17, 15) is 5.11 Å². The predicted octanol–water partition coefficient (Wildman–Crippen LogP) is 2.46. The van der Waals surface area contributed by atoms with Crippen LogP contribution in [0.4, 0.5) is 0 Å². The minimum atomic E-state index is 0.263. The highest BCUT2D eigenvalue weighted by atomic mass is 79.9. The van der Waals surface area contributed by atoms with E-state index in [0.717, 1.165) is 23.0 Å². The summed E-state index contributed by atoms with van der Waals surface area (Å²) in [6.45, 7) is 1.08. The second-order valence-corrected chi connectivity index (χ2v) is 5.03. The highest BCUT2D eigenvalue weighted by molar-refractivity contribution is 9.10. The van der Waals surface area contributed by atoms with Crippen LogP contribution in [0.25, 0.3) is 0 Å². The fourth-order valence-electron chi connectivity index (χ4n) is 2.14. The third kappa shape index (κ3) is 2.50. The summed E-state index contributed by atoms with van der Waals surface area (Å²) in [4.78, 5) is 0. The van der Waals surface area contributed by atoms with Crippen LogP contribution in [0, 0.1) is 0 Å². The Bertz CT molecular complexity index is 376. The molecule has 0 spiro atoms. The number of methoxy groups -OCH3 is 1. The maximum atomic E-state index is 10.00. The van der Waals surface area contributed by atoms with Gasteiger partial charge in [0.15, 0.2) is 11.5 Å². The Morgan fingerprint density at radius 2 is 2.38 bits per heavy atom. The van der Waals surface area contributed by atoms with Gasteiger partial charge in [0.05, 0.1) is 7.11 Å². The molecule has 0 radical (unpaired) electrons. The van der Waals surface area contributed by atoms with Crippen LogP contribution in [-0.2, 0) is 6.42 Å². The minimum Gasteiger partial charge on any atom is -0.504 e. The van der Waals surface area contributed by atoms with E-state index in [1.165, 1.54) is 12.8 Å². The SMILES string of the molecule is COc1cc(Br)cc(CC2CCCN2)c1O. The molecule has 0 saturated carbocycles. The number of phenolic OH excluding ortho intramolecular Hbond substituents is 1. The Kier molecular flexibility index (Phi) is 3.71. The monoisotopic (exact) mass is 285 g/mol. The number of nitrogens with one attached hydrogen (secondary N) is 1. The first-order chi connectivity index (χ1) is 7.70. The summed E-state index contributed by atoms with van der Waals surface area (Å²) in [6.07, 6.45) is 3.24. The lowest BCUT2D eigenvalue weighted by molar-refractivity contribution is 0.369. The second-order valence-electron chi connectivity index (χ2n) is 4.11. The van der Waals surface area contributed by atoms with Gasteiger partial charge < -0.3 is 15.2 Å². The third-order valence-electron chi connectivity index (χ3n) is 2.97. The van der Waals surface area contributed by atoms with Crippen molar-refractivity contribution in [1.29, 1.82) is 0 Å². The van der Waals surface area contributed by atoms with Crippen molar-refractivity contribution >= 4 is 15.9 Å². The molecule has 0 aliphatic carbocycles. The molecule has 1 unspecified atom stereocenters. The Morgan fingerprint density at radius 1 is 1.56 bits per heavy atom. The van der Waals surface area contributed by atoms with Crippen molar-refractivity contribution in [3.8, 4) is 11.5 Å². The topological polar surface area (TPSA) is 41.5 Å². The van der Waals surface area contributed by atoms with Gasteiger partial charge in [0, 0.05) is 16.1 Å². The standard InChI is InChI=1S/C12H16BrNO2/c1-16-11-7-9(13)5-8(12(11)15)6-10-3-2-4-14-10/h5,7,10,14-15H,2-4,6H2,1H3. The lowest BCUT2D eigenvalue weighted by Gasteiger charge is -2.14. The van der Waals surface area contributed by atoms with E-state index < -0.39 is 0 Å². The summed E-state index contributed by atoms with van der Waals surface area (Å²) in [5, 5.41) is 13.4. The zero-order chi connectivity index (χ0) is 11.5. The molecule has 0 amide bonds. The largest absolute Gasteiger partial charge is 0.504 e. The second kappa shape index (κ2) is 5.06. The van der Waals surface area contributed by atoms with Crippen LogP contribution in [0.1, 0.15) is 18.4 Å². The van der Waals surface area contributed by atoms with Gasteiger partial charge in [-0.1, -0.05) is 15.9 Å². The van der Waals surface area contributed by atoms with Crippen molar-refractivity contribution in [2.75, 3.05) is 13.7 Å². The quantitative estimate of drug-likeness (QED) is 0.897. The lowest BCUT2D eigenvalue weighted by Crippen LogP contribution is -2.23. The molecule has 1 saturated heterocycles. The fraction of sp³-hybridized carbons (Fsp3) is 0.500. The van der Waals surface area contributed by atoms with Gasteiger partial charge in [0.1, 0.15) is 0 Å². The minimum absolute atomic E-state index is 0.263. The average Bonchev–Trinajstić information content (AvgIpc) is 2.75. The number of hydrogen-bond acceptors (Lipinski definition) is 3. The van der Waals surface area contributed by atoms with Crippen molar-refractivity contribution in [3.05, 3.63) is 22.2 Å². The van der Waals surface area contributed by atoms with Gasteiger partial charge in [-0.25, -0.2) is 0 Å². The van der Waals surface area contributed by atoms with Crippen molar-refractivity contribution in [2.45, 2.75) is 25.3 Å². The average molecular weight is 286 g/mol. The van der Waals surface area contributed by atoms with Crippen molar-refractivity contribution < 1.29 is 9.84 Å². The normalized spacial score (nSPS) is 20.0. The van der Waals surface area contributed by atoms with E-state index in [4.69, 9.17) is 4.74 Å². The van der Waals surface area contributed by atoms with E-state index in [1.807, 2.05) is 6.07 Å². The van der Waals surface area contributed by atoms with Crippen molar-refractivity contribution in [3.63, 3.8) is 0 Å². The molecule has 1 heterocycles. The van der Waals surface area contributed by atoms with E-state index in [2.05, 4.69) is 21.2 Å². The Hall–Kier alpha value is -0.740. The molecule has 1 atom stereocenters. The van der Waals surface area contributed by atoms with Gasteiger partial charge in [0.25, 0.3) is 0 Å². The van der Waals surface area contributed by atoms with Crippen LogP contribution in [0.2, 0.25) is 0 Å². The van der Waals surface area contributed by atoms with Crippen molar-refractivity contribution in [1.82, 2.24) is 5.32 Å². The molecule has 0 bridgehead atoms. The van der Waals surface area contributed by atoms with E-state index in [-0.39, 0.29) is 5.75 Å². The molecule has 16 heavy (non-hydrogen) atoms. The number of halogens is 1. The third-order valence-corrected chi connectivity index (χ3v) is 3.43. The number of rotatable bonds is 3. The van der Waals surface area contributed by atoms with Crippen LogP contribution < -0.4 is 10.1 Å². The van der Waals surface area contributed by atoms with Gasteiger partial charge >= 0.3 is 0 Å². The highest BCUT2D eigenvalue weighted by Gasteiger charge is 2.18. The van der Waals surface area contributed by atoms with Crippen molar-refractivity contribution in [2.24, 2.45) is 0 Å². The first-order valence-corrected chi connectivity index (χ1v) is 6.28. The maximum Gasteiger partial charge on any atom is 0.161 e. The molecule has 4 heteroatoms. The number of benzene rings is 1. The summed E-state index contributed by atoms with van der Waals surface area (Å²) in [5.74, 6) is 0.793. The Balaban J connectivity index is 2.21. The molecule has 1 aliphatic heterocycles. The molecular weight excluding hydrogens is 270 g/mol. The number of hydrogen-bond donors (Lipinski definition) is 2. The maximum absolute atomic E-state index is 10.00. The predicted molar refractivity (Wildman–Crippen MR) is 67.1 cm³/mol. The van der Waals surface area contributed by atoms with E-state index >= 15 is 0 Å². The molecule has 2 rings (SSSR count). The molecule has 1 fully saturated rings. The summed E-state index contributed by atoms with van der Waals surface area (Å²) < 4.78 is 6.07. The van der Waals surface area contributed by atoms with Crippen LogP contribution in [0.15, 0.2) is 16.6 Å². The summed E-state index contributed by atoms with van der Waals surface area (Å²) in [6, 6.07) is 4.21. The van der Waals surface area contributed by atoms with Gasteiger partial charge in [0.2, 0.25) is 0 Å². The number of phenols is 1. The molecule has 0 aromatic heterocycles. The molecular formula is C12H16BrNO2. The highest BCUT2D eigenvalue weighted by Crippen LogP contribution is 2.34. The zero-order valence-electron chi connectivity index (χ0n) is 9.29. The number of aromatic hydroxyl groups is 1. The molecule has 88 valence electrons. The van der Waals surface area contributed by atoms with Gasteiger partial charge in [-0.3, -0.25) is 0 Å². The molecule has 1 aromatic carbocycles. The molecule has 1 aromatic rings.